The van der Waals surface area contributed by atoms with E-state index in [9.17, 15) is 9.59 Å². The topological polar surface area (TPSA) is 76.4 Å². The molecule has 0 saturated heterocycles. The number of nitrogens with zero attached hydrogens (tertiary/aromatic N) is 1. The summed E-state index contributed by atoms with van der Waals surface area (Å²) >= 11 is 0. The van der Waals surface area contributed by atoms with Crippen LogP contribution in [0.3, 0.4) is 0 Å². The van der Waals surface area contributed by atoms with Gasteiger partial charge >= 0.3 is 11.9 Å². The third kappa shape index (κ3) is 4.58. The van der Waals surface area contributed by atoms with Gasteiger partial charge in [-0.25, -0.2) is 0 Å². The van der Waals surface area contributed by atoms with E-state index >= 15 is 0 Å². The van der Waals surface area contributed by atoms with E-state index in [-0.39, 0.29) is 30.2 Å². The molecule has 4 atom stereocenters. The summed E-state index contributed by atoms with van der Waals surface area (Å²) in [6.45, 7) is 3.61. The zero-order valence-corrected chi connectivity index (χ0v) is 14.1. The van der Waals surface area contributed by atoms with Gasteiger partial charge in [0.2, 0.25) is 0 Å². The number of carbonyl (C=O) groups excluding carboxylic acids is 2. The van der Waals surface area contributed by atoms with Gasteiger partial charge in [0, 0.05) is 6.42 Å². The van der Waals surface area contributed by atoms with E-state index < -0.39 is 6.10 Å². The van der Waals surface area contributed by atoms with E-state index in [1.54, 1.807) is 31.2 Å². The van der Waals surface area contributed by atoms with Crippen LogP contribution >= 0.6 is 0 Å². The van der Waals surface area contributed by atoms with Gasteiger partial charge in [-0.2, -0.15) is 5.26 Å². The molecule has 1 aromatic carbocycles. The number of nitriles is 1. The number of carbonyl (C=O) groups is 2. The maximum atomic E-state index is 12.3. The lowest BCUT2D eigenvalue weighted by Gasteiger charge is -2.22. The summed E-state index contributed by atoms with van der Waals surface area (Å²) in [4.78, 5) is 24.6. The molecule has 0 bridgehead atoms. The Balaban J connectivity index is 2.01. The van der Waals surface area contributed by atoms with Crippen molar-refractivity contribution in [2.75, 3.05) is 0 Å². The second-order valence-electron chi connectivity index (χ2n) is 6.22. The van der Waals surface area contributed by atoms with Crippen LogP contribution in [0.5, 0.6) is 5.75 Å². The first-order valence-electron chi connectivity index (χ1n) is 8.41. The van der Waals surface area contributed by atoms with Gasteiger partial charge in [-0.05, 0) is 43.7 Å². The molecule has 5 nitrogen and oxygen atoms in total. The van der Waals surface area contributed by atoms with Gasteiger partial charge in [0.1, 0.15) is 11.8 Å². The molecule has 1 aromatic rings. The van der Waals surface area contributed by atoms with Crippen molar-refractivity contribution < 1.29 is 19.1 Å². The second-order valence-corrected chi connectivity index (χ2v) is 6.22. The Morgan fingerprint density at radius 3 is 2.62 bits per heavy atom. The zero-order valence-electron chi connectivity index (χ0n) is 14.1. The first kappa shape index (κ1) is 18.0. The third-order valence-electron chi connectivity index (χ3n) is 4.65. The van der Waals surface area contributed by atoms with Crippen molar-refractivity contribution >= 4 is 11.9 Å². The maximum Gasteiger partial charge on any atom is 0.311 e. The van der Waals surface area contributed by atoms with Gasteiger partial charge in [-0.3, -0.25) is 9.59 Å². The van der Waals surface area contributed by atoms with Crippen LogP contribution in [0, 0.1) is 29.1 Å². The number of hydrogen-bond donors (Lipinski definition) is 0. The molecule has 5 heteroatoms. The van der Waals surface area contributed by atoms with Crippen LogP contribution in [0.25, 0.3) is 0 Å². The van der Waals surface area contributed by atoms with Gasteiger partial charge < -0.3 is 9.47 Å². The molecule has 24 heavy (non-hydrogen) atoms. The molecule has 0 aromatic heterocycles. The summed E-state index contributed by atoms with van der Waals surface area (Å²) in [6, 6.07) is 10.8. The van der Waals surface area contributed by atoms with Crippen molar-refractivity contribution in [2.45, 2.75) is 45.6 Å². The second kappa shape index (κ2) is 8.49. The first-order chi connectivity index (χ1) is 11.5. The highest BCUT2D eigenvalue weighted by molar-refractivity contribution is 5.77. The summed E-state index contributed by atoms with van der Waals surface area (Å²) in [7, 11) is 0. The number of esters is 2. The lowest BCUT2D eigenvalue weighted by atomic mass is 9.85. The average Bonchev–Trinajstić information content (AvgIpc) is 2.98. The fraction of sp³-hybridized carbons (Fsp3) is 0.526. The van der Waals surface area contributed by atoms with Gasteiger partial charge in [0.25, 0.3) is 0 Å². The molecule has 2 rings (SSSR count). The van der Waals surface area contributed by atoms with E-state index in [0.29, 0.717) is 18.1 Å². The Kier molecular flexibility index (Phi) is 6.36. The Morgan fingerprint density at radius 2 is 2.00 bits per heavy atom. The number of hydrogen-bond acceptors (Lipinski definition) is 5. The summed E-state index contributed by atoms with van der Waals surface area (Å²) < 4.78 is 10.5. The van der Waals surface area contributed by atoms with Crippen molar-refractivity contribution in [3.8, 4) is 11.8 Å². The van der Waals surface area contributed by atoms with E-state index in [2.05, 4.69) is 6.92 Å². The smallest absolute Gasteiger partial charge is 0.311 e. The highest BCUT2D eigenvalue weighted by Crippen LogP contribution is 2.42. The number of ether oxygens (including phenoxy) is 2. The highest BCUT2D eigenvalue weighted by Gasteiger charge is 2.42. The molecule has 0 spiro atoms. The first-order valence-corrected chi connectivity index (χ1v) is 8.41. The number of para-hydroxylation sites is 1. The van der Waals surface area contributed by atoms with Crippen LogP contribution in [0.15, 0.2) is 30.3 Å². The van der Waals surface area contributed by atoms with E-state index in [1.165, 1.54) is 0 Å². The predicted octanol–water partition coefficient (Wildman–Crippen LogP) is 3.49. The molecule has 1 aliphatic rings. The number of rotatable bonds is 6. The summed E-state index contributed by atoms with van der Waals surface area (Å²) in [5, 5.41) is 8.80. The molecule has 128 valence electrons. The lowest BCUT2D eigenvalue weighted by molar-refractivity contribution is -0.153. The summed E-state index contributed by atoms with van der Waals surface area (Å²) in [6.07, 6.45) is 1.91. The fourth-order valence-corrected chi connectivity index (χ4v) is 3.40. The standard InChI is InChI=1S/C19H23NO4/c1-3-14-9-10-16(19(22)23-13(2)12-20)17(14)11-18(21)24-15-7-5-4-6-8-15/h4-8,13-14,16-17H,3,9-11H2,1-2H3. The van der Waals surface area contributed by atoms with Crippen LogP contribution in [0.2, 0.25) is 0 Å². The minimum atomic E-state index is -0.768. The molecule has 1 fully saturated rings. The Labute approximate surface area is 142 Å². The Morgan fingerprint density at radius 1 is 1.29 bits per heavy atom. The van der Waals surface area contributed by atoms with Crippen molar-refractivity contribution in [3.63, 3.8) is 0 Å². The van der Waals surface area contributed by atoms with Gasteiger partial charge in [-0.15, -0.1) is 0 Å². The molecule has 0 aliphatic heterocycles. The van der Waals surface area contributed by atoms with Gasteiger partial charge in [0.15, 0.2) is 6.10 Å². The summed E-state index contributed by atoms with van der Waals surface area (Å²) in [5.41, 5.74) is 0. The largest absolute Gasteiger partial charge is 0.447 e. The predicted molar refractivity (Wildman–Crippen MR) is 87.9 cm³/mol. The van der Waals surface area contributed by atoms with E-state index in [1.807, 2.05) is 12.1 Å². The minimum Gasteiger partial charge on any atom is -0.447 e. The molecule has 0 heterocycles. The Bertz CT molecular complexity index is 608. The van der Waals surface area contributed by atoms with Crippen molar-refractivity contribution in [2.24, 2.45) is 17.8 Å². The number of benzene rings is 1. The zero-order chi connectivity index (χ0) is 17.5. The van der Waals surface area contributed by atoms with Crippen LogP contribution in [-0.4, -0.2) is 18.0 Å². The maximum absolute atomic E-state index is 12.3. The van der Waals surface area contributed by atoms with Crippen molar-refractivity contribution in [3.05, 3.63) is 30.3 Å². The average molecular weight is 329 g/mol. The highest BCUT2D eigenvalue weighted by atomic mass is 16.5. The fourth-order valence-electron chi connectivity index (χ4n) is 3.40. The monoisotopic (exact) mass is 329 g/mol. The van der Waals surface area contributed by atoms with Crippen LogP contribution < -0.4 is 4.74 Å². The van der Waals surface area contributed by atoms with Crippen molar-refractivity contribution in [1.82, 2.24) is 0 Å². The Hall–Kier alpha value is -2.35. The van der Waals surface area contributed by atoms with Gasteiger partial charge in [-0.1, -0.05) is 31.5 Å². The molecule has 1 saturated carbocycles. The third-order valence-corrected chi connectivity index (χ3v) is 4.65. The summed E-state index contributed by atoms with van der Waals surface area (Å²) in [5.74, 6) is -0.345. The van der Waals surface area contributed by atoms with Gasteiger partial charge in [0.05, 0.1) is 5.92 Å². The van der Waals surface area contributed by atoms with Crippen LogP contribution in [0.4, 0.5) is 0 Å². The van der Waals surface area contributed by atoms with Crippen LogP contribution in [-0.2, 0) is 14.3 Å². The van der Waals surface area contributed by atoms with Crippen molar-refractivity contribution in [1.29, 1.82) is 5.26 Å². The van der Waals surface area contributed by atoms with E-state index in [4.69, 9.17) is 14.7 Å². The lowest BCUT2D eigenvalue weighted by Crippen LogP contribution is -2.29. The normalized spacial score (nSPS) is 24.0. The molecule has 1 aliphatic carbocycles. The molecular weight excluding hydrogens is 306 g/mol. The molecular formula is C19H23NO4. The SMILES string of the molecule is CCC1CCC(C(=O)OC(C)C#N)C1CC(=O)Oc1ccccc1. The van der Waals surface area contributed by atoms with E-state index in [0.717, 1.165) is 12.8 Å². The molecule has 0 N–H and O–H groups in total. The minimum absolute atomic E-state index is 0.0930. The van der Waals surface area contributed by atoms with Crippen LogP contribution in [0.1, 0.15) is 39.5 Å². The molecule has 4 unspecified atom stereocenters. The quantitative estimate of drug-likeness (QED) is 0.590. The molecule has 0 radical (unpaired) electrons. The molecule has 0 amide bonds.